The lowest BCUT2D eigenvalue weighted by molar-refractivity contribution is -0.150. The second kappa shape index (κ2) is 12.9. The maximum atomic E-state index is 11.5. The number of hydrogen-bond donors (Lipinski definition) is 0. The fourth-order valence-corrected chi connectivity index (χ4v) is 1.85. The summed E-state index contributed by atoms with van der Waals surface area (Å²) in [5.41, 5.74) is 0. The van der Waals surface area contributed by atoms with Crippen LogP contribution in [-0.4, -0.2) is 24.6 Å². The Bertz CT molecular complexity index is 259. The van der Waals surface area contributed by atoms with Crippen molar-refractivity contribution in [3.63, 3.8) is 0 Å². The number of carbonyl (C=O) groups excluding carboxylic acids is 2. The van der Waals surface area contributed by atoms with Crippen LogP contribution >= 0.6 is 0 Å². The molecule has 20 heavy (non-hydrogen) atoms. The van der Waals surface area contributed by atoms with Gasteiger partial charge in [0.25, 0.3) is 0 Å². The van der Waals surface area contributed by atoms with Crippen molar-refractivity contribution in [3.8, 4) is 0 Å². The Labute approximate surface area is 123 Å². The van der Waals surface area contributed by atoms with Gasteiger partial charge in [-0.2, -0.15) is 0 Å². The van der Waals surface area contributed by atoms with Gasteiger partial charge in [-0.1, -0.05) is 33.6 Å². The quantitative estimate of drug-likeness (QED) is 0.402. The number of hydrogen-bond acceptors (Lipinski definition) is 4. The molecule has 0 unspecified atom stereocenters. The van der Waals surface area contributed by atoms with E-state index in [2.05, 4.69) is 6.92 Å². The Hall–Kier alpha value is -1.06. The highest BCUT2D eigenvalue weighted by molar-refractivity contribution is 5.70. The van der Waals surface area contributed by atoms with Crippen LogP contribution in [0.3, 0.4) is 0 Å². The molecule has 0 N–H and O–H groups in total. The molecule has 4 heteroatoms. The lowest BCUT2D eigenvalue weighted by Gasteiger charge is -2.13. The van der Waals surface area contributed by atoms with Gasteiger partial charge in [-0.15, -0.1) is 0 Å². The highest BCUT2D eigenvalue weighted by Gasteiger charge is 2.10. The summed E-state index contributed by atoms with van der Waals surface area (Å²) in [6, 6.07) is 0. The average Bonchev–Trinajstić information content (AvgIpc) is 2.45. The van der Waals surface area contributed by atoms with Crippen LogP contribution in [0.1, 0.15) is 78.6 Å². The first-order valence-corrected chi connectivity index (χ1v) is 7.99. The van der Waals surface area contributed by atoms with Gasteiger partial charge in [-0.25, -0.2) is 0 Å². The Morgan fingerprint density at radius 1 is 0.850 bits per heavy atom. The monoisotopic (exact) mass is 286 g/mol. The molecular weight excluding hydrogens is 256 g/mol. The van der Waals surface area contributed by atoms with E-state index in [1.165, 1.54) is 0 Å². The molecule has 0 aliphatic carbocycles. The van der Waals surface area contributed by atoms with E-state index < -0.39 is 0 Å². The van der Waals surface area contributed by atoms with Gasteiger partial charge in [0.05, 0.1) is 6.61 Å². The average molecular weight is 286 g/mol. The van der Waals surface area contributed by atoms with E-state index in [-0.39, 0.29) is 18.0 Å². The minimum Gasteiger partial charge on any atom is -0.466 e. The summed E-state index contributed by atoms with van der Waals surface area (Å²) in [7, 11) is 0. The first kappa shape index (κ1) is 18.9. The third-order valence-corrected chi connectivity index (χ3v) is 3.23. The molecule has 0 fully saturated rings. The lowest BCUT2D eigenvalue weighted by atomic mass is 10.2. The standard InChI is InChI=1S/C16H30O4/c1-4-7-10-13-19-15(17)11-8-9-12-16(18)20-14(5-2)6-3/h14H,4-13H2,1-3H3. The van der Waals surface area contributed by atoms with Crippen LogP contribution in [-0.2, 0) is 19.1 Å². The third-order valence-electron chi connectivity index (χ3n) is 3.23. The van der Waals surface area contributed by atoms with Crippen LogP contribution in [0.15, 0.2) is 0 Å². The third kappa shape index (κ3) is 10.8. The van der Waals surface area contributed by atoms with Gasteiger partial charge in [-0.05, 0) is 32.1 Å². The van der Waals surface area contributed by atoms with Crippen molar-refractivity contribution in [1.29, 1.82) is 0 Å². The molecule has 0 aromatic rings. The van der Waals surface area contributed by atoms with Crippen LogP contribution in [0.2, 0.25) is 0 Å². The maximum Gasteiger partial charge on any atom is 0.306 e. The zero-order valence-electron chi connectivity index (χ0n) is 13.3. The van der Waals surface area contributed by atoms with Crippen LogP contribution in [0.4, 0.5) is 0 Å². The number of ether oxygens (including phenoxy) is 2. The second-order valence-electron chi connectivity index (χ2n) is 5.06. The number of esters is 2. The molecule has 118 valence electrons. The Morgan fingerprint density at radius 2 is 1.45 bits per heavy atom. The Kier molecular flexibility index (Phi) is 12.3. The molecule has 0 aromatic carbocycles. The molecule has 0 spiro atoms. The SMILES string of the molecule is CCCCCOC(=O)CCCCC(=O)OC(CC)CC. The topological polar surface area (TPSA) is 52.6 Å². The van der Waals surface area contributed by atoms with E-state index in [0.717, 1.165) is 32.1 Å². The summed E-state index contributed by atoms with van der Waals surface area (Å²) in [4.78, 5) is 22.9. The van der Waals surface area contributed by atoms with Crippen molar-refractivity contribution in [2.24, 2.45) is 0 Å². The van der Waals surface area contributed by atoms with E-state index in [1.54, 1.807) is 0 Å². The molecule has 0 heterocycles. The first-order valence-electron chi connectivity index (χ1n) is 7.99. The van der Waals surface area contributed by atoms with Crippen molar-refractivity contribution in [1.82, 2.24) is 0 Å². The van der Waals surface area contributed by atoms with Gasteiger partial charge in [0.15, 0.2) is 0 Å². The van der Waals surface area contributed by atoms with E-state index in [0.29, 0.717) is 32.3 Å². The summed E-state index contributed by atoms with van der Waals surface area (Å²) in [5, 5.41) is 0. The summed E-state index contributed by atoms with van der Waals surface area (Å²) < 4.78 is 10.4. The van der Waals surface area contributed by atoms with E-state index >= 15 is 0 Å². The van der Waals surface area contributed by atoms with Crippen LogP contribution in [0.5, 0.6) is 0 Å². The van der Waals surface area contributed by atoms with Crippen molar-refractivity contribution in [2.75, 3.05) is 6.61 Å². The fraction of sp³-hybridized carbons (Fsp3) is 0.875. The van der Waals surface area contributed by atoms with E-state index in [9.17, 15) is 9.59 Å². The molecule has 0 saturated heterocycles. The molecule has 0 saturated carbocycles. The van der Waals surface area contributed by atoms with Crippen LogP contribution < -0.4 is 0 Å². The normalized spacial score (nSPS) is 10.6. The molecule has 0 aliphatic rings. The largest absolute Gasteiger partial charge is 0.466 e. The Morgan fingerprint density at radius 3 is 2.00 bits per heavy atom. The summed E-state index contributed by atoms with van der Waals surface area (Å²) in [6.07, 6.45) is 7.04. The molecule has 4 nitrogen and oxygen atoms in total. The smallest absolute Gasteiger partial charge is 0.306 e. The minimum atomic E-state index is -0.158. The van der Waals surface area contributed by atoms with Gasteiger partial charge >= 0.3 is 11.9 Å². The van der Waals surface area contributed by atoms with Gasteiger partial charge < -0.3 is 9.47 Å². The highest BCUT2D eigenvalue weighted by Crippen LogP contribution is 2.08. The van der Waals surface area contributed by atoms with Gasteiger partial charge in [0.1, 0.15) is 6.10 Å². The lowest BCUT2D eigenvalue weighted by Crippen LogP contribution is -2.16. The predicted molar refractivity (Wildman–Crippen MR) is 79.4 cm³/mol. The highest BCUT2D eigenvalue weighted by atomic mass is 16.5. The van der Waals surface area contributed by atoms with Gasteiger partial charge in [-0.3, -0.25) is 9.59 Å². The van der Waals surface area contributed by atoms with Crippen molar-refractivity contribution >= 4 is 11.9 Å². The molecule has 0 rings (SSSR count). The molecule has 0 bridgehead atoms. The first-order chi connectivity index (χ1) is 9.63. The summed E-state index contributed by atoms with van der Waals surface area (Å²) in [6.45, 7) is 6.65. The fourth-order valence-electron chi connectivity index (χ4n) is 1.85. The number of rotatable bonds is 12. The minimum absolute atomic E-state index is 0.0334. The number of unbranched alkanes of at least 4 members (excludes halogenated alkanes) is 3. The van der Waals surface area contributed by atoms with Gasteiger partial charge in [0, 0.05) is 12.8 Å². The molecule has 0 amide bonds. The predicted octanol–water partition coefficient (Wildman–Crippen LogP) is 4.01. The summed E-state index contributed by atoms with van der Waals surface area (Å²) in [5.74, 6) is -0.315. The number of carbonyl (C=O) groups is 2. The molecule has 0 radical (unpaired) electrons. The van der Waals surface area contributed by atoms with Crippen LogP contribution in [0, 0.1) is 0 Å². The molecule has 0 atom stereocenters. The van der Waals surface area contributed by atoms with Crippen molar-refractivity contribution in [2.45, 2.75) is 84.7 Å². The van der Waals surface area contributed by atoms with Crippen LogP contribution in [0.25, 0.3) is 0 Å². The Balaban J connectivity index is 3.50. The molecule has 0 aliphatic heterocycles. The summed E-state index contributed by atoms with van der Waals surface area (Å²) >= 11 is 0. The van der Waals surface area contributed by atoms with Crippen molar-refractivity contribution < 1.29 is 19.1 Å². The van der Waals surface area contributed by atoms with E-state index in [4.69, 9.17) is 9.47 Å². The van der Waals surface area contributed by atoms with Crippen molar-refractivity contribution in [3.05, 3.63) is 0 Å². The van der Waals surface area contributed by atoms with E-state index in [1.807, 2.05) is 13.8 Å². The molecule has 0 aromatic heterocycles. The maximum absolute atomic E-state index is 11.5. The zero-order chi connectivity index (χ0) is 15.2. The second-order valence-corrected chi connectivity index (χ2v) is 5.06. The zero-order valence-corrected chi connectivity index (χ0v) is 13.3. The molecular formula is C16H30O4. The van der Waals surface area contributed by atoms with Gasteiger partial charge in [0.2, 0.25) is 0 Å².